The van der Waals surface area contributed by atoms with E-state index in [1.54, 1.807) is 0 Å². The lowest BCUT2D eigenvalue weighted by Gasteiger charge is -2.57. The van der Waals surface area contributed by atoms with Crippen LogP contribution in [0, 0.1) is 17.8 Å². The molecule has 0 atom stereocenters. The highest BCUT2D eigenvalue weighted by molar-refractivity contribution is 6.33. The molecule has 3 heteroatoms. The van der Waals surface area contributed by atoms with Gasteiger partial charge < -0.3 is 5.32 Å². The molecule has 1 N–H and O–H groups in total. The second kappa shape index (κ2) is 4.74. The summed E-state index contributed by atoms with van der Waals surface area (Å²) in [6.45, 7) is 1.52. The number of hydrogen-bond acceptors (Lipinski definition) is 1. The standard InChI is InChI=1S/C18H22ClNO/c1-11(21)20-17-3-2-15(7-16(17)19)18-8-12-4-13(9-18)6-14(5-12)10-18/h2-3,7,12-14H,4-6,8-10H2,1H3,(H,20,21). The molecule has 0 saturated heterocycles. The highest BCUT2D eigenvalue weighted by atomic mass is 35.5. The Balaban J connectivity index is 1.67. The van der Waals surface area contributed by atoms with Gasteiger partial charge in [-0.1, -0.05) is 17.7 Å². The van der Waals surface area contributed by atoms with Gasteiger partial charge in [-0.05, 0) is 79.4 Å². The average Bonchev–Trinajstić information content (AvgIpc) is 2.39. The second-order valence-corrected chi connectivity index (χ2v) is 7.98. The summed E-state index contributed by atoms with van der Waals surface area (Å²) >= 11 is 6.40. The maximum absolute atomic E-state index is 11.2. The average molecular weight is 304 g/mol. The predicted octanol–water partition coefficient (Wildman–Crippen LogP) is 4.77. The predicted molar refractivity (Wildman–Crippen MR) is 85.6 cm³/mol. The minimum atomic E-state index is -0.0699. The Morgan fingerprint density at radius 2 is 1.71 bits per heavy atom. The molecule has 0 unspecified atom stereocenters. The van der Waals surface area contributed by atoms with Gasteiger partial charge in [-0.3, -0.25) is 4.79 Å². The summed E-state index contributed by atoms with van der Waals surface area (Å²) in [7, 11) is 0. The first-order valence-electron chi connectivity index (χ1n) is 8.12. The molecule has 4 aliphatic carbocycles. The minimum absolute atomic E-state index is 0.0699. The first-order chi connectivity index (χ1) is 10.0. The molecule has 0 heterocycles. The Morgan fingerprint density at radius 3 is 2.19 bits per heavy atom. The lowest BCUT2D eigenvalue weighted by molar-refractivity contribution is -0.114. The fourth-order valence-corrected chi connectivity index (χ4v) is 5.83. The lowest BCUT2D eigenvalue weighted by Crippen LogP contribution is -2.48. The molecule has 1 amide bonds. The van der Waals surface area contributed by atoms with Crippen molar-refractivity contribution in [2.75, 3.05) is 5.32 Å². The quantitative estimate of drug-likeness (QED) is 0.838. The van der Waals surface area contributed by atoms with E-state index in [0.717, 1.165) is 23.4 Å². The first-order valence-corrected chi connectivity index (χ1v) is 8.49. The molecular formula is C18H22ClNO. The van der Waals surface area contributed by atoms with E-state index in [1.807, 2.05) is 6.07 Å². The van der Waals surface area contributed by atoms with E-state index in [2.05, 4.69) is 17.4 Å². The summed E-state index contributed by atoms with van der Waals surface area (Å²) in [4.78, 5) is 11.2. The molecule has 21 heavy (non-hydrogen) atoms. The molecule has 0 radical (unpaired) electrons. The van der Waals surface area contributed by atoms with Crippen molar-refractivity contribution in [3.63, 3.8) is 0 Å². The van der Waals surface area contributed by atoms with Crippen LogP contribution in [0.15, 0.2) is 18.2 Å². The van der Waals surface area contributed by atoms with E-state index in [0.29, 0.717) is 10.4 Å². The van der Waals surface area contributed by atoms with Gasteiger partial charge in [0.05, 0.1) is 10.7 Å². The van der Waals surface area contributed by atoms with Crippen LogP contribution in [0.4, 0.5) is 5.69 Å². The summed E-state index contributed by atoms with van der Waals surface area (Å²) in [6.07, 6.45) is 8.39. The molecule has 112 valence electrons. The van der Waals surface area contributed by atoms with Crippen LogP contribution >= 0.6 is 11.6 Å². The number of nitrogens with one attached hydrogen (secondary N) is 1. The maximum atomic E-state index is 11.2. The lowest BCUT2D eigenvalue weighted by atomic mass is 9.48. The number of anilines is 1. The van der Waals surface area contributed by atoms with E-state index in [9.17, 15) is 4.79 Å². The highest BCUT2D eigenvalue weighted by Crippen LogP contribution is 2.60. The molecule has 4 bridgehead atoms. The van der Waals surface area contributed by atoms with E-state index < -0.39 is 0 Å². The molecule has 4 fully saturated rings. The van der Waals surface area contributed by atoms with Gasteiger partial charge in [0, 0.05) is 6.92 Å². The highest BCUT2D eigenvalue weighted by Gasteiger charge is 2.51. The van der Waals surface area contributed by atoms with Crippen molar-refractivity contribution in [2.45, 2.75) is 50.9 Å². The Kier molecular flexibility index (Phi) is 3.08. The van der Waals surface area contributed by atoms with Crippen LogP contribution in [0.5, 0.6) is 0 Å². The van der Waals surface area contributed by atoms with E-state index in [-0.39, 0.29) is 5.91 Å². The van der Waals surface area contributed by atoms with Gasteiger partial charge in [0.2, 0.25) is 5.91 Å². The molecule has 0 spiro atoms. The summed E-state index contributed by atoms with van der Waals surface area (Å²) in [5.41, 5.74) is 2.51. The van der Waals surface area contributed by atoms with Crippen LogP contribution in [0.25, 0.3) is 0 Å². The van der Waals surface area contributed by atoms with E-state index in [1.165, 1.54) is 51.0 Å². The fraction of sp³-hybridized carbons (Fsp3) is 0.611. The number of carbonyl (C=O) groups is 1. The Bertz CT molecular complexity index is 560. The first kappa shape index (κ1) is 13.6. The molecule has 4 saturated carbocycles. The van der Waals surface area contributed by atoms with Crippen molar-refractivity contribution in [3.8, 4) is 0 Å². The topological polar surface area (TPSA) is 29.1 Å². The van der Waals surface area contributed by atoms with E-state index in [4.69, 9.17) is 11.6 Å². The van der Waals surface area contributed by atoms with Crippen LogP contribution < -0.4 is 5.32 Å². The SMILES string of the molecule is CC(=O)Nc1ccc(C23CC4CC(CC(C4)C2)C3)cc1Cl. The van der Waals surface area contributed by atoms with Crippen LogP contribution in [0.1, 0.15) is 51.0 Å². The van der Waals surface area contributed by atoms with E-state index >= 15 is 0 Å². The van der Waals surface area contributed by atoms with Crippen molar-refractivity contribution < 1.29 is 4.79 Å². The molecule has 2 nitrogen and oxygen atoms in total. The Hall–Kier alpha value is -1.02. The largest absolute Gasteiger partial charge is 0.325 e. The molecule has 0 aliphatic heterocycles. The van der Waals surface area contributed by atoms with Crippen LogP contribution in [0.2, 0.25) is 5.02 Å². The minimum Gasteiger partial charge on any atom is -0.325 e. The number of benzene rings is 1. The fourth-order valence-electron chi connectivity index (χ4n) is 5.60. The summed E-state index contributed by atoms with van der Waals surface area (Å²) in [6, 6.07) is 6.29. The van der Waals surface area contributed by atoms with Crippen molar-refractivity contribution >= 4 is 23.2 Å². The normalized spacial score (nSPS) is 36.8. The molecule has 5 rings (SSSR count). The van der Waals surface area contributed by atoms with Gasteiger partial charge in [0.25, 0.3) is 0 Å². The van der Waals surface area contributed by atoms with Crippen molar-refractivity contribution in [1.29, 1.82) is 0 Å². The molecule has 1 aromatic rings. The number of rotatable bonds is 2. The number of hydrogen-bond donors (Lipinski definition) is 1. The number of halogens is 1. The molecule has 4 aliphatic rings. The smallest absolute Gasteiger partial charge is 0.221 e. The third-order valence-corrected chi connectivity index (χ3v) is 6.24. The third kappa shape index (κ3) is 2.28. The summed E-state index contributed by atoms with van der Waals surface area (Å²) in [5.74, 6) is 2.74. The number of carbonyl (C=O) groups excluding carboxylic acids is 1. The Morgan fingerprint density at radius 1 is 1.14 bits per heavy atom. The zero-order chi connectivity index (χ0) is 14.6. The van der Waals surface area contributed by atoms with Crippen molar-refractivity contribution in [2.24, 2.45) is 17.8 Å². The maximum Gasteiger partial charge on any atom is 0.221 e. The van der Waals surface area contributed by atoms with Gasteiger partial charge in [-0.2, -0.15) is 0 Å². The van der Waals surface area contributed by atoms with Gasteiger partial charge in [0.1, 0.15) is 0 Å². The third-order valence-electron chi connectivity index (χ3n) is 5.93. The zero-order valence-electron chi connectivity index (χ0n) is 12.5. The monoisotopic (exact) mass is 303 g/mol. The van der Waals surface area contributed by atoms with Gasteiger partial charge >= 0.3 is 0 Å². The van der Waals surface area contributed by atoms with Crippen molar-refractivity contribution in [1.82, 2.24) is 0 Å². The summed E-state index contributed by atoms with van der Waals surface area (Å²) in [5, 5.41) is 3.48. The van der Waals surface area contributed by atoms with Crippen LogP contribution in [-0.4, -0.2) is 5.91 Å². The Labute approximate surface area is 131 Å². The van der Waals surface area contributed by atoms with Gasteiger partial charge in [0.15, 0.2) is 0 Å². The summed E-state index contributed by atoms with van der Waals surface area (Å²) < 4.78 is 0. The van der Waals surface area contributed by atoms with Gasteiger partial charge in [-0.25, -0.2) is 0 Å². The van der Waals surface area contributed by atoms with Crippen LogP contribution in [-0.2, 0) is 10.2 Å². The van der Waals surface area contributed by atoms with Crippen molar-refractivity contribution in [3.05, 3.63) is 28.8 Å². The second-order valence-electron chi connectivity index (χ2n) is 7.57. The molecular weight excluding hydrogens is 282 g/mol. The van der Waals surface area contributed by atoms with Gasteiger partial charge in [-0.15, -0.1) is 0 Å². The van der Waals surface area contributed by atoms with Crippen LogP contribution in [0.3, 0.4) is 0 Å². The molecule has 1 aromatic carbocycles. The zero-order valence-corrected chi connectivity index (χ0v) is 13.2. The molecule has 0 aromatic heterocycles. The number of amides is 1.